The summed E-state index contributed by atoms with van der Waals surface area (Å²) in [4.78, 5) is 14.4. The summed E-state index contributed by atoms with van der Waals surface area (Å²) in [5.41, 5.74) is 1.22. The van der Waals surface area contributed by atoms with Gasteiger partial charge in [0.1, 0.15) is 5.56 Å². The molecule has 3 aromatic rings. The van der Waals surface area contributed by atoms with Gasteiger partial charge in [0, 0.05) is 11.6 Å². The van der Waals surface area contributed by atoms with E-state index < -0.39 is 16.0 Å². The number of rotatable bonds is 4. The third kappa shape index (κ3) is 2.78. The molecular formula is C16H14N2O4S. The van der Waals surface area contributed by atoms with Gasteiger partial charge in [-0.1, -0.05) is 23.8 Å². The SMILES string of the molecule is Cc1ccc(S(=O)(=O)Nc2ccc3cc[nH]c3c2C(=O)O)cc1. The van der Waals surface area contributed by atoms with Crippen molar-refractivity contribution in [1.29, 1.82) is 0 Å². The number of aromatic amines is 1. The largest absolute Gasteiger partial charge is 0.478 e. The molecule has 0 radical (unpaired) electrons. The van der Waals surface area contributed by atoms with E-state index in [1.807, 2.05) is 6.92 Å². The number of anilines is 1. The number of carbonyl (C=O) groups is 1. The number of sulfonamides is 1. The fraction of sp³-hybridized carbons (Fsp3) is 0.0625. The molecule has 1 aromatic heterocycles. The first-order valence-electron chi connectivity index (χ1n) is 6.81. The van der Waals surface area contributed by atoms with Gasteiger partial charge in [0.05, 0.1) is 16.1 Å². The van der Waals surface area contributed by atoms with E-state index in [-0.39, 0.29) is 16.1 Å². The Morgan fingerprint density at radius 1 is 1.09 bits per heavy atom. The predicted octanol–water partition coefficient (Wildman–Crippen LogP) is 2.98. The Bertz CT molecular complexity index is 989. The van der Waals surface area contributed by atoms with Gasteiger partial charge >= 0.3 is 5.97 Å². The molecule has 0 bridgehead atoms. The molecule has 0 aliphatic rings. The number of carboxylic acids is 1. The first-order valence-corrected chi connectivity index (χ1v) is 8.30. The number of aromatic carboxylic acids is 1. The van der Waals surface area contributed by atoms with Crippen LogP contribution in [-0.2, 0) is 10.0 Å². The Morgan fingerprint density at radius 3 is 2.43 bits per heavy atom. The number of nitrogens with one attached hydrogen (secondary N) is 2. The minimum absolute atomic E-state index is 0.0213. The maximum absolute atomic E-state index is 12.4. The van der Waals surface area contributed by atoms with Crippen LogP contribution in [0.15, 0.2) is 53.6 Å². The van der Waals surface area contributed by atoms with E-state index in [4.69, 9.17) is 0 Å². The van der Waals surface area contributed by atoms with Crippen LogP contribution in [0.25, 0.3) is 10.9 Å². The zero-order valence-corrected chi connectivity index (χ0v) is 13.0. The fourth-order valence-electron chi connectivity index (χ4n) is 2.36. The van der Waals surface area contributed by atoms with Crippen molar-refractivity contribution >= 4 is 32.6 Å². The summed E-state index contributed by atoms with van der Waals surface area (Å²) < 4.78 is 27.3. The average Bonchev–Trinajstić information content (AvgIpc) is 2.95. The van der Waals surface area contributed by atoms with Crippen LogP contribution in [0.1, 0.15) is 15.9 Å². The average molecular weight is 330 g/mol. The van der Waals surface area contributed by atoms with E-state index >= 15 is 0 Å². The summed E-state index contributed by atoms with van der Waals surface area (Å²) in [5, 5.41) is 10.1. The first-order chi connectivity index (χ1) is 10.9. The quantitative estimate of drug-likeness (QED) is 0.685. The Labute approximate surface area is 132 Å². The molecule has 2 aromatic carbocycles. The second-order valence-electron chi connectivity index (χ2n) is 5.15. The van der Waals surface area contributed by atoms with Gasteiger partial charge in [-0.3, -0.25) is 4.72 Å². The standard InChI is InChI=1S/C16H14N2O4S/c1-10-2-5-12(6-3-10)23(21,22)18-13-7-4-11-8-9-17-15(11)14(13)16(19)20/h2-9,17-18H,1H3,(H,19,20). The number of hydrogen-bond acceptors (Lipinski definition) is 3. The van der Waals surface area contributed by atoms with Crippen LogP contribution < -0.4 is 4.72 Å². The van der Waals surface area contributed by atoms with Crippen LogP contribution in [0.2, 0.25) is 0 Å². The normalized spacial score (nSPS) is 11.5. The summed E-state index contributed by atoms with van der Waals surface area (Å²) in [7, 11) is -3.87. The molecule has 0 saturated carbocycles. The first kappa shape index (κ1) is 15.1. The van der Waals surface area contributed by atoms with Gasteiger partial charge in [0.25, 0.3) is 10.0 Å². The number of hydrogen-bond donors (Lipinski definition) is 3. The molecule has 0 aliphatic carbocycles. The second-order valence-corrected chi connectivity index (χ2v) is 6.84. The van der Waals surface area contributed by atoms with Crippen LogP contribution in [0, 0.1) is 6.92 Å². The smallest absolute Gasteiger partial charge is 0.339 e. The monoisotopic (exact) mass is 330 g/mol. The van der Waals surface area contributed by atoms with Crippen molar-refractivity contribution in [3.63, 3.8) is 0 Å². The van der Waals surface area contributed by atoms with Gasteiger partial charge in [0.2, 0.25) is 0 Å². The van der Waals surface area contributed by atoms with E-state index in [0.717, 1.165) is 5.56 Å². The number of aryl methyl sites for hydroxylation is 1. The lowest BCUT2D eigenvalue weighted by Crippen LogP contribution is -2.15. The van der Waals surface area contributed by atoms with Crippen molar-refractivity contribution in [2.24, 2.45) is 0 Å². The molecule has 3 rings (SSSR count). The van der Waals surface area contributed by atoms with Crippen molar-refractivity contribution in [3.05, 3.63) is 59.8 Å². The van der Waals surface area contributed by atoms with E-state index in [1.165, 1.54) is 18.2 Å². The zero-order valence-electron chi connectivity index (χ0n) is 12.2. The summed E-state index contributed by atoms with van der Waals surface area (Å²) >= 11 is 0. The molecular weight excluding hydrogens is 316 g/mol. The van der Waals surface area contributed by atoms with Crippen molar-refractivity contribution in [3.8, 4) is 0 Å². The van der Waals surface area contributed by atoms with Gasteiger partial charge in [-0.15, -0.1) is 0 Å². The summed E-state index contributed by atoms with van der Waals surface area (Å²) in [5.74, 6) is -1.21. The Kier molecular flexibility index (Phi) is 3.57. The van der Waals surface area contributed by atoms with Crippen molar-refractivity contribution < 1.29 is 18.3 Å². The topological polar surface area (TPSA) is 99.3 Å². The number of carboxylic acid groups (broad SMARTS) is 1. The number of H-pyrrole nitrogens is 1. The van der Waals surface area contributed by atoms with Gasteiger partial charge in [0.15, 0.2) is 0 Å². The minimum Gasteiger partial charge on any atom is -0.478 e. The lowest BCUT2D eigenvalue weighted by Gasteiger charge is -2.11. The molecule has 118 valence electrons. The third-order valence-electron chi connectivity index (χ3n) is 3.52. The predicted molar refractivity (Wildman–Crippen MR) is 87.2 cm³/mol. The second kappa shape index (κ2) is 5.44. The van der Waals surface area contributed by atoms with Gasteiger partial charge in [-0.2, -0.15) is 0 Å². The molecule has 23 heavy (non-hydrogen) atoms. The van der Waals surface area contributed by atoms with Crippen LogP contribution in [0.5, 0.6) is 0 Å². The minimum atomic E-state index is -3.87. The molecule has 1 heterocycles. The molecule has 7 heteroatoms. The zero-order chi connectivity index (χ0) is 16.6. The van der Waals surface area contributed by atoms with Crippen LogP contribution >= 0.6 is 0 Å². The number of aromatic nitrogens is 1. The lowest BCUT2D eigenvalue weighted by molar-refractivity contribution is 0.0700. The number of fused-ring (bicyclic) bond motifs is 1. The maximum atomic E-state index is 12.4. The molecule has 0 fully saturated rings. The van der Waals surface area contributed by atoms with Crippen LogP contribution in [0.3, 0.4) is 0 Å². The Balaban J connectivity index is 2.09. The molecule has 0 aliphatic heterocycles. The van der Waals surface area contributed by atoms with Gasteiger partial charge in [-0.25, -0.2) is 13.2 Å². The highest BCUT2D eigenvalue weighted by Crippen LogP contribution is 2.27. The third-order valence-corrected chi connectivity index (χ3v) is 4.90. The molecule has 0 unspecified atom stereocenters. The van der Waals surface area contributed by atoms with Crippen molar-refractivity contribution in [2.75, 3.05) is 4.72 Å². The fourth-order valence-corrected chi connectivity index (χ4v) is 3.43. The maximum Gasteiger partial charge on any atom is 0.339 e. The molecule has 3 N–H and O–H groups in total. The number of benzene rings is 2. The highest BCUT2D eigenvalue weighted by Gasteiger charge is 2.21. The molecule has 6 nitrogen and oxygen atoms in total. The lowest BCUT2D eigenvalue weighted by atomic mass is 10.1. The molecule has 0 atom stereocenters. The molecule has 0 spiro atoms. The van der Waals surface area contributed by atoms with Crippen molar-refractivity contribution in [1.82, 2.24) is 4.98 Å². The van der Waals surface area contributed by atoms with E-state index in [0.29, 0.717) is 10.9 Å². The van der Waals surface area contributed by atoms with Gasteiger partial charge in [-0.05, 0) is 31.2 Å². The highest BCUT2D eigenvalue weighted by atomic mass is 32.2. The van der Waals surface area contributed by atoms with E-state index in [2.05, 4.69) is 9.71 Å². The van der Waals surface area contributed by atoms with E-state index in [9.17, 15) is 18.3 Å². The van der Waals surface area contributed by atoms with E-state index in [1.54, 1.807) is 30.5 Å². The highest BCUT2D eigenvalue weighted by molar-refractivity contribution is 7.92. The summed E-state index contributed by atoms with van der Waals surface area (Å²) in [6.07, 6.45) is 1.61. The molecule has 0 amide bonds. The van der Waals surface area contributed by atoms with Crippen LogP contribution in [0.4, 0.5) is 5.69 Å². The molecule has 0 saturated heterocycles. The van der Waals surface area contributed by atoms with Crippen molar-refractivity contribution in [2.45, 2.75) is 11.8 Å². The Hall–Kier alpha value is -2.80. The summed E-state index contributed by atoms with van der Waals surface area (Å²) in [6, 6.07) is 11.1. The van der Waals surface area contributed by atoms with Crippen LogP contribution in [-0.4, -0.2) is 24.5 Å². The Morgan fingerprint density at radius 2 is 1.78 bits per heavy atom. The van der Waals surface area contributed by atoms with Gasteiger partial charge < -0.3 is 10.1 Å². The summed E-state index contributed by atoms with van der Waals surface area (Å²) in [6.45, 7) is 1.85.